The Morgan fingerprint density at radius 1 is 1.60 bits per heavy atom. The fourth-order valence-corrected chi connectivity index (χ4v) is 2.48. The van der Waals surface area contributed by atoms with E-state index in [-0.39, 0.29) is 0 Å². The molecule has 0 bridgehead atoms. The summed E-state index contributed by atoms with van der Waals surface area (Å²) >= 11 is 7.62. The number of hydrogen-bond donors (Lipinski definition) is 0. The molecular formula is C10H18ClN3S. The molecule has 0 aromatic carbocycles. The first-order valence-corrected chi connectivity index (χ1v) is 6.97. The zero-order chi connectivity index (χ0) is 11.1. The maximum absolute atomic E-state index is 5.75. The predicted octanol–water partition coefficient (Wildman–Crippen LogP) is 2.80. The first-order valence-electron chi connectivity index (χ1n) is 5.28. The van der Waals surface area contributed by atoms with Crippen molar-refractivity contribution in [2.75, 3.05) is 11.6 Å². The number of aromatic nitrogens is 3. The zero-order valence-electron chi connectivity index (χ0n) is 9.32. The van der Waals surface area contributed by atoms with Crippen LogP contribution in [-0.4, -0.2) is 26.4 Å². The minimum absolute atomic E-state index is 0.569. The average Bonchev–Trinajstić information content (AvgIpc) is 2.66. The molecule has 0 radical (unpaired) electrons. The van der Waals surface area contributed by atoms with Gasteiger partial charge in [-0.25, -0.2) is 9.67 Å². The van der Waals surface area contributed by atoms with Gasteiger partial charge in [0.05, 0.1) is 5.75 Å². The van der Waals surface area contributed by atoms with E-state index in [2.05, 4.69) is 23.9 Å². The van der Waals surface area contributed by atoms with E-state index < -0.39 is 0 Å². The Morgan fingerprint density at radius 3 is 3.07 bits per heavy atom. The second-order valence-electron chi connectivity index (χ2n) is 3.67. The number of halogens is 1. The molecular weight excluding hydrogens is 230 g/mol. The fourth-order valence-electron chi connectivity index (χ4n) is 1.19. The number of hydrogen-bond acceptors (Lipinski definition) is 3. The maximum Gasteiger partial charge on any atom is 0.138 e. The molecule has 1 unspecified atom stereocenters. The van der Waals surface area contributed by atoms with Crippen LogP contribution >= 0.6 is 23.4 Å². The van der Waals surface area contributed by atoms with E-state index in [4.69, 9.17) is 11.6 Å². The second-order valence-corrected chi connectivity index (χ2v) is 5.01. The van der Waals surface area contributed by atoms with Crippen molar-refractivity contribution in [3.63, 3.8) is 0 Å². The standard InChI is InChI=1S/C10H18ClN3S/c1-3-4-14-10(12-8-13-14)7-15-6-9(2)5-11/h8-9H,3-7H2,1-2H3. The quantitative estimate of drug-likeness (QED) is 0.695. The van der Waals surface area contributed by atoms with E-state index in [1.54, 1.807) is 6.33 Å². The normalized spacial score (nSPS) is 13.0. The lowest BCUT2D eigenvalue weighted by molar-refractivity contribution is 0.581. The van der Waals surface area contributed by atoms with Gasteiger partial charge in [0.15, 0.2) is 0 Å². The molecule has 0 N–H and O–H groups in total. The molecule has 0 saturated heterocycles. The Labute approximate surface area is 101 Å². The maximum atomic E-state index is 5.75. The van der Waals surface area contributed by atoms with E-state index in [0.29, 0.717) is 5.92 Å². The average molecular weight is 248 g/mol. The van der Waals surface area contributed by atoms with Crippen LogP contribution < -0.4 is 0 Å². The van der Waals surface area contributed by atoms with Crippen molar-refractivity contribution in [3.8, 4) is 0 Å². The van der Waals surface area contributed by atoms with Gasteiger partial charge in [0.25, 0.3) is 0 Å². The van der Waals surface area contributed by atoms with Gasteiger partial charge in [-0.15, -0.1) is 11.6 Å². The molecule has 0 spiro atoms. The van der Waals surface area contributed by atoms with Crippen LogP contribution in [0.25, 0.3) is 0 Å². The summed E-state index contributed by atoms with van der Waals surface area (Å²) in [5.74, 6) is 4.39. The minimum Gasteiger partial charge on any atom is -0.249 e. The molecule has 3 nitrogen and oxygen atoms in total. The van der Waals surface area contributed by atoms with Crippen molar-refractivity contribution in [3.05, 3.63) is 12.2 Å². The lowest BCUT2D eigenvalue weighted by Crippen LogP contribution is -2.05. The smallest absolute Gasteiger partial charge is 0.138 e. The molecule has 0 aliphatic rings. The Bertz CT molecular complexity index is 277. The zero-order valence-corrected chi connectivity index (χ0v) is 10.9. The van der Waals surface area contributed by atoms with Gasteiger partial charge in [-0.05, 0) is 18.1 Å². The monoisotopic (exact) mass is 247 g/mol. The van der Waals surface area contributed by atoms with Crippen LogP contribution in [0.1, 0.15) is 26.1 Å². The van der Waals surface area contributed by atoms with Crippen LogP contribution in [0, 0.1) is 5.92 Å². The molecule has 1 rings (SSSR count). The van der Waals surface area contributed by atoms with Gasteiger partial charge in [0, 0.05) is 12.4 Å². The van der Waals surface area contributed by atoms with Crippen LogP contribution in [0.3, 0.4) is 0 Å². The van der Waals surface area contributed by atoms with Crippen LogP contribution in [0.2, 0.25) is 0 Å². The fraction of sp³-hybridized carbons (Fsp3) is 0.800. The molecule has 15 heavy (non-hydrogen) atoms. The molecule has 0 aliphatic heterocycles. The molecule has 1 aromatic heterocycles. The van der Waals surface area contributed by atoms with Crippen molar-refractivity contribution in [2.45, 2.75) is 32.6 Å². The van der Waals surface area contributed by atoms with E-state index >= 15 is 0 Å². The van der Waals surface area contributed by atoms with E-state index in [1.165, 1.54) is 0 Å². The number of rotatable bonds is 7. The first kappa shape index (κ1) is 12.8. The lowest BCUT2D eigenvalue weighted by atomic mass is 10.3. The minimum atomic E-state index is 0.569. The molecule has 5 heteroatoms. The van der Waals surface area contributed by atoms with Gasteiger partial charge >= 0.3 is 0 Å². The highest BCUT2D eigenvalue weighted by molar-refractivity contribution is 7.98. The molecule has 1 aromatic rings. The van der Waals surface area contributed by atoms with Crippen molar-refractivity contribution in [1.82, 2.24) is 14.8 Å². The van der Waals surface area contributed by atoms with Crippen molar-refractivity contribution in [1.29, 1.82) is 0 Å². The summed E-state index contributed by atoms with van der Waals surface area (Å²) in [7, 11) is 0. The third kappa shape index (κ3) is 4.43. The number of alkyl halides is 1. The molecule has 1 atom stereocenters. The van der Waals surface area contributed by atoms with Gasteiger partial charge in [-0.3, -0.25) is 0 Å². The molecule has 0 saturated carbocycles. The van der Waals surface area contributed by atoms with E-state index in [1.807, 2.05) is 16.4 Å². The molecule has 0 fully saturated rings. The van der Waals surface area contributed by atoms with Crippen molar-refractivity contribution >= 4 is 23.4 Å². The SMILES string of the molecule is CCCn1ncnc1CSCC(C)CCl. The highest BCUT2D eigenvalue weighted by Crippen LogP contribution is 2.14. The summed E-state index contributed by atoms with van der Waals surface area (Å²) in [5, 5.41) is 4.19. The Hall–Kier alpha value is -0.220. The third-order valence-corrected chi connectivity index (χ3v) is 3.82. The Morgan fingerprint density at radius 2 is 2.40 bits per heavy atom. The van der Waals surface area contributed by atoms with Gasteiger partial charge < -0.3 is 0 Å². The summed E-state index contributed by atoms with van der Waals surface area (Å²) in [6, 6.07) is 0. The van der Waals surface area contributed by atoms with Crippen LogP contribution in [0.15, 0.2) is 6.33 Å². The van der Waals surface area contributed by atoms with Gasteiger partial charge in [0.1, 0.15) is 12.2 Å². The topological polar surface area (TPSA) is 30.7 Å². The van der Waals surface area contributed by atoms with Crippen molar-refractivity contribution in [2.24, 2.45) is 5.92 Å². The van der Waals surface area contributed by atoms with Crippen LogP contribution in [0.4, 0.5) is 0 Å². The van der Waals surface area contributed by atoms with Crippen molar-refractivity contribution < 1.29 is 0 Å². The summed E-state index contributed by atoms with van der Waals surface area (Å²) in [6.45, 7) is 5.27. The second kappa shape index (κ2) is 7.12. The van der Waals surface area contributed by atoms with Crippen LogP contribution in [0.5, 0.6) is 0 Å². The molecule has 1 heterocycles. The summed E-state index contributed by atoms with van der Waals surface area (Å²) in [5.41, 5.74) is 0. The molecule has 0 amide bonds. The highest BCUT2D eigenvalue weighted by atomic mass is 35.5. The van der Waals surface area contributed by atoms with E-state index in [9.17, 15) is 0 Å². The lowest BCUT2D eigenvalue weighted by Gasteiger charge is -2.07. The largest absolute Gasteiger partial charge is 0.249 e. The van der Waals surface area contributed by atoms with Crippen LogP contribution in [-0.2, 0) is 12.3 Å². The molecule has 0 aliphatic carbocycles. The summed E-state index contributed by atoms with van der Waals surface area (Å²) in [6.07, 6.45) is 2.73. The van der Waals surface area contributed by atoms with Gasteiger partial charge in [-0.2, -0.15) is 16.9 Å². The first-order chi connectivity index (χ1) is 7.27. The number of aryl methyl sites for hydroxylation is 1. The number of thioether (sulfide) groups is 1. The Kier molecular flexibility index (Phi) is 6.10. The predicted molar refractivity (Wildman–Crippen MR) is 66.4 cm³/mol. The van der Waals surface area contributed by atoms with Gasteiger partial charge in [-0.1, -0.05) is 13.8 Å². The number of nitrogens with zero attached hydrogens (tertiary/aromatic N) is 3. The summed E-state index contributed by atoms with van der Waals surface area (Å²) in [4.78, 5) is 4.26. The summed E-state index contributed by atoms with van der Waals surface area (Å²) < 4.78 is 1.98. The highest BCUT2D eigenvalue weighted by Gasteiger charge is 2.05. The third-order valence-electron chi connectivity index (χ3n) is 2.03. The van der Waals surface area contributed by atoms with E-state index in [0.717, 1.165) is 36.2 Å². The van der Waals surface area contributed by atoms with Gasteiger partial charge in [0.2, 0.25) is 0 Å². The Balaban J connectivity index is 2.33. The molecule has 86 valence electrons.